The third-order valence-electron chi connectivity index (χ3n) is 2.66. The first-order valence-electron chi connectivity index (χ1n) is 5.56. The summed E-state index contributed by atoms with van der Waals surface area (Å²) in [5, 5.41) is 4.14. The molecule has 0 amide bonds. The van der Waals surface area contributed by atoms with Gasteiger partial charge in [-0.05, 0) is 24.3 Å². The molecule has 4 heteroatoms. The van der Waals surface area contributed by atoms with Gasteiger partial charge in [-0.25, -0.2) is 14.1 Å². The predicted molar refractivity (Wildman–Crippen MR) is 66.8 cm³/mol. The Morgan fingerprint density at radius 3 is 2.39 bits per heavy atom. The summed E-state index contributed by atoms with van der Waals surface area (Å²) in [5.41, 5.74) is 1.30. The molecular formula is C14H10FN3. The largest absolute Gasteiger partial charge is 0.215 e. The van der Waals surface area contributed by atoms with E-state index in [0.29, 0.717) is 11.4 Å². The minimum absolute atomic E-state index is 0.303. The van der Waals surface area contributed by atoms with E-state index in [-0.39, 0.29) is 5.82 Å². The predicted octanol–water partition coefficient (Wildman–Crippen LogP) is 3.07. The Hall–Kier alpha value is -2.49. The highest BCUT2D eigenvalue weighted by molar-refractivity contribution is 5.58. The normalized spacial score (nSPS) is 10.5. The number of nitrogens with zero attached hydrogens (tertiary/aromatic N) is 3. The van der Waals surface area contributed by atoms with Gasteiger partial charge < -0.3 is 0 Å². The van der Waals surface area contributed by atoms with Crippen molar-refractivity contribution in [3.05, 3.63) is 66.7 Å². The van der Waals surface area contributed by atoms with Crippen LogP contribution in [0.15, 0.2) is 60.9 Å². The van der Waals surface area contributed by atoms with Crippen LogP contribution in [0.2, 0.25) is 0 Å². The summed E-state index contributed by atoms with van der Waals surface area (Å²) in [5.74, 6) is 0.196. The van der Waals surface area contributed by atoms with Crippen molar-refractivity contribution in [3.8, 4) is 17.1 Å². The molecule has 3 rings (SSSR count). The average molecular weight is 239 g/mol. The molecule has 0 aliphatic rings. The van der Waals surface area contributed by atoms with Gasteiger partial charge in [-0.1, -0.05) is 30.3 Å². The molecule has 0 saturated heterocycles. The summed E-state index contributed by atoms with van der Waals surface area (Å²) in [6.45, 7) is 0. The highest BCUT2D eigenvalue weighted by atomic mass is 19.1. The van der Waals surface area contributed by atoms with Gasteiger partial charge >= 0.3 is 0 Å². The van der Waals surface area contributed by atoms with Crippen LogP contribution in [0.4, 0.5) is 4.39 Å². The van der Waals surface area contributed by atoms with E-state index in [2.05, 4.69) is 10.1 Å². The first-order chi connectivity index (χ1) is 8.86. The van der Waals surface area contributed by atoms with Crippen molar-refractivity contribution < 1.29 is 4.39 Å². The van der Waals surface area contributed by atoms with E-state index in [1.165, 1.54) is 12.4 Å². The van der Waals surface area contributed by atoms with E-state index >= 15 is 0 Å². The summed E-state index contributed by atoms with van der Waals surface area (Å²) in [4.78, 5) is 4.14. The van der Waals surface area contributed by atoms with Gasteiger partial charge in [-0.3, -0.25) is 0 Å². The lowest BCUT2D eigenvalue weighted by Gasteiger charge is -2.06. The van der Waals surface area contributed by atoms with E-state index in [1.807, 2.05) is 30.3 Å². The van der Waals surface area contributed by atoms with Crippen LogP contribution < -0.4 is 0 Å². The van der Waals surface area contributed by atoms with Crippen molar-refractivity contribution in [1.29, 1.82) is 0 Å². The molecule has 88 valence electrons. The minimum atomic E-state index is -0.303. The lowest BCUT2D eigenvalue weighted by molar-refractivity contribution is 0.629. The fourth-order valence-electron chi connectivity index (χ4n) is 1.83. The third-order valence-corrected chi connectivity index (χ3v) is 2.66. The van der Waals surface area contributed by atoms with Crippen LogP contribution in [0, 0.1) is 5.82 Å². The van der Waals surface area contributed by atoms with Crippen molar-refractivity contribution in [2.75, 3.05) is 0 Å². The molecule has 3 aromatic rings. The first kappa shape index (κ1) is 10.7. The smallest absolute Gasteiger partial charge is 0.166 e. The number of aromatic nitrogens is 3. The van der Waals surface area contributed by atoms with E-state index in [4.69, 9.17) is 0 Å². The molecule has 0 unspecified atom stereocenters. The number of halogens is 1. The van der Waals surface area contributed by atoms with Crippen LogP contribution >= 0.6 is 0 Å². The molecule has 0 saturated carbocycles. The van der Waals surface area contributed by atoms with Crippen LogP contribution in [-0.4, -0.2) is 14.8 Å². The van der Waals surface area contributed by atoms with Crippen LogP contribution in [0.25, 0.3) is 17.1 Å². The lowest BCUT2D eigenvalue weighted by Crippen LogP contribution is -2.00. The van der Waals surface area contributed by atoms with E-state index in [1.54, 1.807) is 22.9 Å². The third kappa shape index (κ3) is 1.78. The molecular weight excluding hydrogens is 229 g/mol. The Morgan fingerprint density at radius 1 is 0.889 bits per heavy atom. The van der Waals surface area contributed by atoms with Crippen molar-refractivity contribution in [2.24, 2.45) is 0 Å². The highest BCUT2D eigenvalue weighted by Gasteiger charge is 2.12. The van der Waals surface area contributed by atoms with Crippen molar-refractivity contribution in [2.45, 2.75) is 0 Å². The zero-order valence-corrected chi connectivity index (χ0v) is 9.49. The number of rotatable bonds is 2. The standard InChI is InChI=1S/C14H10FN3/c15-13-9-5-4-8-12(13)14-16-10-17-18(14)11-6-2-1-3-7-11/h1-10H. The number of hydrogen-bond donors (Lipinski definition) is 0. The van der Waals surface area contributed by atoms with E-state index in [9.17, 15) is 4.39 Å². The van der Waals surface area contributed by atoms with Gasteiger partial charge in [-0.2, -0.15) is 5.10 Å². The van der Waals surface area contributed by atoms with Crippen LogP contribution in [0.5, 0.6) is 0 Å². The highest BCUT2D eigenvalue weighted by Crippen LogP contribution is 2.22. The Kier molecular flexibility index (Phi) is 2.61. The van der Waals surface area contributed by atoms with Gasteiger partial charge in [0.15, 0.2) is 5.82 Å². The topological polar surface area (TPSA) is 30.7 Å². The van der Waals surface area contributed by atoms with Crippen molar-refractivity contribution in [3.63, 3.8) is 0 Å². The van der Waals surface area contributed by atoms with Gasteiger partial charge in [-0.15, -0.1) is 0 Å². The first-order valence-corrected chi connectivity index (χ1v) is 5.56. The van der Waals surface area contributed by atoms with Gasteiger partial charge in [0.25, 0.3) is 0 Å². The molecule has 2 aromatic carbocycles. The average Bonchev–Trinajstić information content (AvgIpc) is 2.89. The zero-order valence-electron chi connectivity index (χ0n) is 9.49. The van der Waals surface area contributed by atoms with Crippen molar-refractivity contribution >= 4 is 0 Å². The molecule has 0 aliphatic heterocycles. The Morgan fingerprint density at radius 2 is 1.61 bits per heavy atom. The second-order valence-corrected chi connectivity index (χ2v) is 3.81. The molecule has 0 N–H and O–H groups in total. The molecule has 0 atom stereocenters. The Bertz CT molecular complexity index is 662. The summed E-state index contributed by atoms with van der Waals surface area (Å²) in [6.07, 6.45) is 1.43. The molecule has 0 fully saturated rings. The Balaban J connectivity index is 2.16. The SMILES string of the molecule is Fc1ccccc1-c1ncnn1-c1ccccc1. The zero-order chi connectivity index (χ0) is 12.4. The second-order valence-electron chi connectivity index (χ2n) is 3.81. The molecule has 3 nitrogen and oxygen atoms in total. The Labute approximate surface area is 104 Å². The number of hydrogen-bond acceptors (Lipinski definition) is 2. The van der Waals surface area contributed by atoms with Gasteiger partial charge in [0.2, 0.25) is 0 Å². The minimum Gasteiger partial charge on any atom is -0.215 e. The van der Waals surface area contributed by atoms with E-state index < -0.39 is 0 Å². The van der Waals surface area contributed by atoms with Crippen molar-refractivity contribution in [1.82, 2.24) is 14.8 Å². The van der Waals surface area contributed by atoms with Crippen LogP contribution in [-0.2, 0) is 0 Å². The summed E-state index contributed by atoms with van der Waals surface area (Å²) in [6, 6.07) is 16.1. The maximum atomic E-state index is 13.8. The van der Waals surface area contributed by atoms with Crippen LogP contribution in [0.3, 0.4) is 0 Å². The molecule has 1 aromatic heterocycles. The lowest BCUT2D eigenvalue weighted by atomic mass is 10.2. The van der Waals surface area contributed by atoms with Gasteiger partial charge in [0.05, 0.1) is 11.3 Å². The van der Waals surface area contributed by atoms with Crippen LogP contribution in [0.1, 0.15) is 0 Å². The fraction of sp³-hybridized carbons (Fsp3) is 0. The second kappa shape index (κ2) is 4.41. The van der Waals surface area contributed by atoms with Gasteiger partial charge in [0.1, 0.15) is 12.1 Å². The maximum Gasteiger partial charge on any atom is 0.166 e. The summed E-state index contributed by atoms with van der Waals surface area (Å²) < 4.78 is 15.4. The molecule has 18 heavy (non-hydrogen) atoms. The number of benzene rings is 2. The quantitative estimate of drug-likeness (QED) is 0.688. The number of para-hydroxylation sites is 1. The molecule has 0 bridgehead atoms. The molecule has 1 heterocycles. The summed E-state index contributed by atoms with van der Waals surface area (Å²) in [7, 11) is 0. The van der Waals surface area contributed by atoms with E-state index in [0.717, 1.165) is 5.69 Å². The van der Waals surface area contributed by atoms with Gasteiger partial charge in [0, 0.05) is 0 Å². The molecule has 0 radical (unpaired) electrons. The monoisotopic (exact) mass is 239 g/mol. The fourth-order valence-corrected chi connectivity index (χ4v) is 1.83. The molecule has 0 aliphatic carbocycles. The summed E-state index contributed by atoms with van der Waals surface area (Å²) >= 11 is 0. The maximum absolute atomic E-state index is 13.8. The molecule has 0 spiro atoms.